The summed E-state index contributed by atoms with van der Waals surface area (Å²) in [6.07, 6.45) is 0. The monoisotopic (exact) mass is 148 g/mol. The Hall–Kier alpha value is -0.650. The van der Waals surface area contributed by atoms with Crippen LogP contribution in [0.25, 0.3) is 0 Å². The molecule has 1 unspecified atom stereocenters. The minimum absolute atomic E-state index is 0.137. The SMILES string of the molecule is O=C(O)C1COCC1(O)O. The van der Waals surface area contributed by atoms with E-state index in [1.54, 1.807) is 0 Å². The Morgan fingerprint density at radius 3 is 2.40 bits per heavy atom. The smallest absolute Gasteiger partial charge is 0.314 e. The van der Waals surface area contributed by atoms with Crippen molar-refractivity contribution < 1.29 is 24.9 Å². The summed E-state index contributed by atoms with van der Waals surface area (Å²) in [7, 11) is 0. The molecule has 0 aromatic heterocycles. The summed E-state index contributed by atoms with van der Waals surface area (Å²) in [4.78, 5) is 10.2. The average molecular weight is 148 g/mol. The third-order valence-corrected chi connectivity index (χ3v) is 1.46. The van der Waals surface area contributed by atoms with E-state index < -0.39 is 17.7 Å². The highest BCUT2D eigenvalue weighted by atomic mass is 16.6. The molecule has 10 heavy (non-hydrogen) atoms. The summed E-state index contributed by atoms with van der Waals surface area (Å²) in [5.41, 5.74) is 0. The first-order valence-corrected chi connectivity index (χ1v) is 2.79. The summed E-state index contributed by atoms with van der Waals surface area (Å²) < 4.78 is 4.55. The van der Waals surface area contributed by atoms with Gasteiger partial charge in [-0.2, -0.15) is 0 Å². The van der Waals surface area contributed by atoms with Crippen molar-refractivity contribution in [1.29, 1.82) is 0 Å². The van der Waals surface area contributed by atoms with E-state index in [0.717, 1.165) is 0 Å². The first kappa shape index (κ1) is 7.46. The van der Waals surface area contributed by atoms with E-state index in [0.29, 0.717) is 0 Å². The van der Waals surface area contributed by atoms with E-state index in [9.17, 15) is 4.79 Å². The van der Waals surface area contributed by atoms with E-state index in [2.05, 4.69) is 4.74 Å². The summed E-state index contributed by atoms with van der Waals surface area (Å²) in [5, 5.41) is 26.1. The van der Waals surface area contributed by atoms with Crippen LogP contribution < -0.4 is 0 Å². The van der Waals surface area contributed by atoms with Gasteiger partial charge < -0.3 is 20.1 Å². The third kappa shape index (κ3) is 1.11. The van der Waals surface area contributed by atoms with Crippen molar-refractivity contribution >= 4 is 5.97 Å². The molecule has 0 aliphatic carbocycles. The third-order valence-electron chi connectivity index (χ3n) is 1.46. The fourth-order valence-corrected chi connectivity index (χ4v) is 0.830. The van der Waals surface area contributed by atoms with Crippen LogP contribution in [0.4, 0.5) is 0 Å². The first-order chi connectivity index (χ1) is 4.54. The molecule has 1 fully saturated rings. The van der Waals surface area contributed by atoms with Gasteiger partial charge >= 0.3 is 5.97 Å². The largest absolute Gasteiger partial charge is 0.481 e. The minimum Gasteiger partial charge on any atom is -0.481 e. The molecule has 5 heteroatoms. The molecule has 1 saturated heterocycles. The van der Waals surface area contributed by atoms with E-state index in [4.69, 9.17) is 15.3 Å². The molecule has 5 nitrogen and oxygen atoms in total. The second kappa shape index (κ2) is 2.19. The number of aliphatic carboxylic acids is 1. The van der Waals surface area contributed by atoms with Gasteiger partial charge in [-0.15, -0.1) is 0 Å². The molecule has 3 N–H and O–H groups in total. The summed E-state index contributed by atoms with van der Waals surface area (Å²) in [6.45, 7) is -0.466. The number of hydrogen-bond acceptors (Lipinski definition) is 4. The van der Waals surface area contributed by atoms with Crippen molar-refractivity contribution in [1.82, 2.24) is 0 Å². The lowest BCUT2D eigenvalue weighted by molar-refractivity contribution is -0.194. The first-order valence-electron chi connectivity index (χ1n) is 2.79. The lowest BCUT2D eigenvalue weighted by Gasteiger charge is -2.16. The fraction of sp³-hybridized carbons (Fsp3) is 0.800. The molecule has 1 heterocycles. The average Bonchev–Trinajstić information content (AvgIpc) is 2.08. The van der Waals surface area contributed by atoms with Crippen LogP contribution in [0.1, 0.15) is 0 Å². The van der Waals surface area contributed by atoms with Gasteiger partial charge in [0.25, 0.3) is 0 Å². The molecular formula is C5H8O5. The normalized spacial score (nSPS) is 30.4. The Labute approximate surface area is 56.9 Å². The number of carbonyl (C=O) groups is 1. The molecule has 1 aliphatic rings. The Morgan fingerprint density at radius 1 is 1.60 bits per heavy atom. The second-order valence-corrected chi connectivity index (χ2v) is 2.28. The van der Waals surface area contributed by atoms with Gasteiger partial charge in [-0.05, 0) is 0 Å². The minimum atomic E-state index is -2.19. The lowest BCUT2D eigenvalue weighted by atomic mass is 10.0. The fourth-order valence-electron chi connectivity index (χ4n) is 0.830. The van der Waals surface area contributed by atoms with Crippen LogP contribution >= 0.6 is 0 Å². The Bertz CT molecular complexity index is 152. The number of ether oxygens (including phenoxy) is 1. The highest BCUT2D eigenvalue weighted by molar-refractivity contribution is 5.71. The van der Waals surface area contributed by atoms with Gasteiger partial charge in [-0.1, -0.05) is 0 Å². The molecule has 0 spiro atoms. The highest BCUT2D eigenvalue weighted by Crippen LogP contribution is 2.22. The maximum atomic E-state index is 10.2. The molecule has 1 atom stereocenters. The zero-order valence-corrected chi connectivity index (χ0v) is 5.15. The van der Waals surface area contributed by atoms with E-state index in [1.165, 1.54) is 0 Å². The molecule has 0 aromatic carbocycles. The van der Waals surface area contributed by atoms with Gasteiger partial charge in [-0.3, -0.25) is 4.79 Å². The lowest BCUT2D eigenvalue weighted by Crippen LogP contribution is -2.41. The van der Waals surface area contributed by atoms with Crippen molar-refractivity contribution in [2.24, 2.45) is 5.92 Å². The summed E-state index contributed by atoms with van der Waals surface area (Å²) in [6, 6.07) is 0. The molecule has 0 radical (unpaired) electrons. The quantitative estimate of drug-likeness (QED) is 0.390. The Kier molecular flexibility index (Phi) is 1.63. The van der Waals surface area contributed by atoms with E-state index in [1.807, 2.05) is 0 Å². The maximum absolute atomic E-state index is 10.2. The number of rotatable bonds is 1. The Morgan fingerprint density at radius 2 is 2.20 bits per heavy atom. The Balaban J connectivity index is 2.68. The molecule has 1 aliphatic heterocycles. The number of aliphatic hydroxyl groups is 2. The topological polar surface area (TPSA) is 87.0 Å². The predicted octanol–water partition coefficient (Wildman–Crippen LogP) is -1.60. The van der Waals surface area contributed by atoms with Gasteiger partial charge in [0.1, 0.15) is 12.5 Å². The van der Waals surface area contributed by atoms with Crippen LogP contribution in [-0.4, -0.2) is 40.3 Å². The van der Waals surface area contributed by atoms with Crippen molar-refractivity contribution in [3.05, 3.63) is 0 Å². The van der Waals surface area contributed by atoms with Gasteiger partial charge in [-0.25, -0.2) is 0 Å². The summed E-state index contributed by atoms with van der Waals surface area (Å²) >= 11 is 0. The van der Waals surface area contributed by atoms with Crippen LogP contribution in [0.2, 0.25) is 0 Å². The van der Waals surface area contributed by atoms with Crippen molar-refractivity contribution in [2.45, 2.75) is 5.79 Å². The van der Waals surface area contributed by atoms with Crippen LogP contribution in [0.5, 0.6) is 0 Å². The second-order valence-electron chi connectivity index (χ2n) is 2.28. The zero-order chi connectivity index (χ0) is 7.78. The van der Waals surface area contributed by atoms with Crippen molar-refractivity contribution in [2.75, 3.05) is 13.2 Å². The molecule has 1 rings (SSSR count). The van der Waals surface area contributed by atoms with Gasteiger partial charge in [0.05, 0.1) is 6.61 Å². The van der Waals surface area contributed by atoms with Crippen molar-refractivity contribution in [3.63, 3.8) is 0 Å². The van der Waals surface area contributed by atoms with Crippen LogP contribution in [-0.2, 0) is 9.53 Å². The molecule has 0 amide bonds. The highest BCUT2D eigenvalue weighted by Gasteiger charge is 2.45. The van der Waals surface area contributed by atoms with Gasteiger partial charge in [0.2, 0.25) is 5.79 Å². The standard InChI is InChI=1S/C5H8O5/c6-4(7)3-1-10-2-5(3,8)9/h3,8-9H,1-2H2,(H,6,7). The molecule has 0 saturated carbocycles. The van der Waals surface area contributed by atoms with Crippen LogP contribution in [0, 0.1) is 5.92 Å². The number of carboxylic acids is 1. The predicted molar refractivity (Wildman–Crippen MR) is 29.1 cm³/mol. The summed E-state index contributed by atoms with van der Waals surface area (Å²) in [5.74, 6) is -4.65. The number of carboxylic acid groups (broad SMARTS) is 1. The molecule has 0 bridgehead atoms. The number of hydrogen-bond donors (Lipinski definition) is 3. The van der Waals surface area contributed by atoms with Crippen LogP contribution in [0.3, 0.4) is 0 Å². The van der Waals surface area contributed by atoms with Crippen LogP contribution in [0.15, 0.2) is 0 Å². The van der Waals surface area contributed by atoms with E-state index in [-0.39, 0.29) is 13.2 Å². The van der Waals surface area contributed by atoms with Crippen molar-refractivity contribution in [3.8, 4) is 0 Å². The van der Waals surface area contributed by atoms with Gasteiger partial charge in [0.15, 0.2) is 0 Å². The maximum Gasteiger partial charge on any atom is 0.314 e. The molecule has 0 aromatic rings. The van der Waals surface area contributed by atoms with E-state index >= 15 is 0 Å². The molecular weight excluding hydrogens is 140 g/mol. The zero-order valence-electron chi connectivity index (χ0n) is 5.15. The van der Waals surface area contributed by atoms with Gasteiger partial charge in [0, 0.05) is 0 Å². The molecule has 58 valence electrons.